The minimum absolute atomic E-state index is 0.817. The second-order valence-electron chi connectivity index (χ2n) is 5.22. The highest BCUT2D eigenvalue weighted by Crippen LogP contribution is 2.12. The van der Waals surface area contributed by atoms with Crippen LogP contribution in [0.3, 0.4) is 0 Å². The van der Waals surface area contributed by atoms with Gasteiger partial charge in [-0.3, -0.25) is 4.90 Å². The Balaban J connectivity index is 2.23. The summed E-state index contributed by atoms with van der Waals surface area (Å²) in [4.78, 5) is 2.70. The van der Waals surface area contributed by atoms with Crippen molar-refractivity contribution in [3.8, 4) is 0 Å². The molecule has 1 aliphatic rings. The topological polar surface area (TPSA) is 15.3 Å². The molecule has 0 aromatic rings. The number of rotatable bonds is 7. The first kappa shape index (κ1) is 13.0. The molecule has 1 aliphatic heterocycles. The van der Waals surface area contributed by atoms with Gasteiger partial charge in [0.2, 0.25) is 0 Å². The van der Waals surface area contributed by atoms with E-state index < -0.39 is 0 Å². The lowest BCUT2D eigenvalue weighted by Crippen LogP contribution is -2.38. The van der Waals surface area contributed by atoms with Gasteiger partial charge in [-0.15, -0.1) is 0 Å². The standard InChI is InChI=1S/C13H28N2/c1-4-9-15(10-5-6-12(2)3)13-7-8-14-11-13/h12-14H,4-11H2,1-3H3. The second kappa shape index (κ2) is 7.24. The highest BCUT2D eigenvalue weighted by Gasteiger charge is 2.20. The van der Waals surface area contributed by atoms with Gasteiger partial charge in [0.05, 0.1) is 0 Å². The maximum absolute atomic E-state index is 3.47. The fourth-order valence-corrected chi connectivity index (χ4v) is 2.42. The van der Waals surface area contributed by atoms with Crippen LogP contribution in [-0.2, 0) is 0 Å². The highest BCUT2D eigenvalue weighted by molar-refractivity contribution is 4.80. The van der Waals surface area contributed by atoms with E-state index in [0.717, 1.165) is 12.0 Å². The molecule has 0 amide bonds. The van der Waals surface area contributed by atoms with Crippen LogP contribution in [0.4, 0.5) is 0 Å². The van der Waals surface area contributed by atoms with Crippen LogP contribution in [0.15, 0.2) is 0 Å². The summed E-state index contributed by atoms with van der Waals surface area (Å²) in [5.74, 6) is 0.857. The fourth-order valence-electron chi connectivity index (χ4n) is 2.42. The number of nitrogens with zero attached hydrogens (tertiary/aromatic N) is 1. The van der Waals surface area contributed by atoms with Crippen molar-refractivity contribution in [2.75, 3.05) is 26.2 Å². The van der Waals surface area contributed by atoms with E-state index in [1.54, 1.807) is 0 Å². The summed E-state index contributed by atoms with van der Waals surface area (Å²) >= 11 is 0. The third-order valence-corrected chi connectivity index (χ3v) is 3.29. The molecule has 0 radical (unpaired) electrons. The molecule has 0 spiro atoms. The summed E-state index contributed by atoms with van der Waals surface area (Å²) in [6, 6.07) is 0.817. The average molecular weight is 212 g/mol. The maximum Gasteiger partial charge on any atom is 0.0232 e. The van der Waals surface area contributed by atoms with Crippen LogP contribution in [0.2, 0.25) is 0 Å². The van der Waals surface area contributed by atoms with E-state index in [-0.39, 0.29) is 0 Å². The molecule has 1 heterocycles. The van der Waals surface area contributed by atoms with Gasteiger partial charge in [-0.2, -0.15) is 0 Å². The van der Waals surface area contributed by atoms with E-state index in [1.807, 2.05) is 0 Å². The van der Waals surface area contributed by atoms with Crippen molar-refractivity contribution in [2.24, 2.45) is 5.92 Å². The molecule has 2 heteroatoms. The van der Waals surface area contributed by atoms with Crippen LogP contribution in [0, 0.1) is 5.92 Å². The van der Waals surface area contributed by atoms with Crippen molar-refractivity contribution >= 4 is 0 Å². The Labute approximate surface area is 95.4 Å². The Bertz CT molecular complexity index is 151. The summed E-state index contributed by atoms with van der Waals surface area (Å²) in [5, 5.41) is 3.47. The minimum atomic E-state index is 0.817. The average Bonchev–Trinajstić information content (AvgIpc) is 2.68. The quantitative estimate of drug-likeness (QED) is 0.697. The van der Waals surface area contributed by atoms with E-state index in [1.165, 1.54) is 51.9 Å². The van der Waals surface area contributed by atoms with Gasteiger partial charge in [-0.05, 0) is 51.2 Å². The second-order valence-corrected chi connectivity index (χ2v) is 5.22. The summed E-state index contributed by atoms with van der Waals surface area (Å²) in [7, 11) is 0. The van der Waals surface area contributed by atoms with Crippen LogP contribution in [0.5, 0.6) is 0 Å². The van der Waals surface area contributed by atoms with Crippen molar-refractivity contribution in [1.82, 2.24) is 10.2 Å². The molecule has 1 unspecified atom stereocenters. The molecule has 1 rings (SSSR count). The van der Waals surface area contributed by atoms with Crippen molar-refractivity contribution in [1.29, 1.82) is 0 Å². The zero-order chi connectivity index (χ0) is 11.1. The third kappa shape index (κ3) is 4.98. The molecule has 1 atom stereocenters. The summed E-state index contributed by atoms with van der Waals surface area (Å²) in [5.41, 5.74) is 0. The van der Waals surface area contributed by atoms with E-state index in [2.05, 4.69) is 31.0 Å². The molecular weight excluding hydrogens is 184 g/mol. The van der Waals surface area contributed by atoms with Crippen LogP contribution in [0.25, 0.3) is 0 Å². The van der Waals surface area contributed by atoms with Crippen LogP contribution < -0.4 is 5.32 Å². The Morgan fingerprint density at radius 2 is 2.13 bits per heavy atom. The first-order chi connectivity index (χ1) is 7.24. The van der Waals surface area contributed by atoms with Gasteiger partial charge in [0.25, 0.3) is 0 Å². The van der Waals surface area contributed by atoms with Crippen LogP contribution in [-0.4, -0.2) is 37.1 Å². The normalized spacial score (nSPS) is 21.8. The summed E-state index contributed by atoms with van der Waals surface area (Å²) in [6.45, 7) is 11.9. The van der Waals surface area contributed by atoms with Gasteiger partial charge >= 0.3 is 0 Å². The van der Waals surface area contributed by atoms with Gasteiger partial charge in [-0.1, -0.05) is 20.8 Å². The molecule has 1 saturated heterocycles. The lowest BCUT2D eigenvalue weighted by molar-refractivity contribution is 0.201. The Morgan fingerprint density at radius 1 is 1.33 bits per heavy atom. The lowest BCUT2D eigenvalue weighted by Gasteiger charge is -2.28. The van der Waals surface area contributed by atoms with Gasteiger partial charge in [-0.25, -0.2) is 0 Å². The van der Waals surface area contributed by atoms with Crippen LogP contribution in [0.1, 0.15) is 46.5 Å². The van der Waals surface area contributed by atoms with Crippen LogP contribution >= 0.6 is 0 Å². The summed E-state index contributed by atoms with van der Waals surface area (Å²) < 4.78 is 0. The van der Waals surface area contributed by atoms with Gasteiger partial charge in [0.15, 0.2) is 0 Å². The highest BCUT2D eigenvalue weighted by atomic mass is 15.2. The first-order valence-corrected chi connectivity index (χ1v) is 6.68. The zero-order valence-corrected chi connectivity index (χ0v) is 10.8. The van der Waals surface area contributed by atoms with Crippen molar-refractivity contribution < 1.29 is 0 Å². The van der Waals surface area contributed by atoms with Gasteiger partial charge < -0.3 is 5.32 Å². The molecular formula is C13H28N2. The minimum Gasteiger partial charge on any atom is -0.315 e. The summed E-state index contributed by atoms with van der Waals surface area (Å²) in [6.07, 6.45) is 5.38. The number of hydrogen-bond acceptors (Lipinski definition) is 2. The molecule has 2 nitrogen and oxygen atoms in total. The predicted octanol–water partition coefficient (Wildman–Crippen LogP) is 2.50. The fraction of sp³-hybridized carbons (Fsp3) is 1.00. The largest absolute Gasteiger partial charge is 0.315 e. The smallest absolute Gasteiger partial charge is 0.0232 e. The van der Waals surface area contributed by atoms with Gasteiger partial charge in [0.1, 0.15) is 0 Å². The molecule has 90 valence electrons. The SMILES string of the molecule is CCCN(CCCC(C)C)C1CCNC1. The Hall–Kier alpha value is -0.0800. The molecule has 15 heavy (non-hydrogen) atoms. The maximum atomic E-state index is 3.47. The molecule has 0 aliphatic carbocycles. The monoisotopic (exact) mass is 212 g/mol. The number of hydrogen-bond donors (Lipinski definition) is 1. The zero-order valence-electron chi connectivity index (χ0n) is 10.8. The third-order valence-electron chi connectivity index (χ3n) is 3.29. The molecule has 0 aromatic heterocycles. The van der Waals surface area contributed by atoms with Crippen molar-refractivity contribution in [3.63, 3.8) is 0 Å². The van der Waals surface area contributed by atoms with E-state index in [9.17, 15) is 0 Å². The Morgan fingerprint density at radius 3 is 2.67 bits per heavy atom. The molecule has 0 saturated carbocycles. The molecule has 1 N–H and O–H groups in total. The van der Waals surface area contributed by atoms with Gasteiger partial charge in [0, 0.05) is 12.6 Å². The van der Waals surface area contributed by atoms with E-state index >= 15 is 0 Å². The molecule has 0 bridgehead atoms. The first-order valence-electron chi connectivity index (χ1n) is 6.68. The predicted molar refractivity (Wildman–Crippen MR) is 67.2 cm³/mol. The molecule has 0 aromatic carbocycles. The van der Waals surface area contributed by atoms with Crippen molar-refractivity contribution in [3.05, 3.63) is 0 Å². The Kier molecular flexibility index (Phi) is 6.26. The van der Waals surface area contributed by atoms with E-state index in [0.29, 0.717) is 0 Å². The molecule has 1 fully saturated rings. The van der Waals surface area contributed by atoms with Crippen molar-refractivity contribution in [2.45, 2.75) is 52.5 Å². The number of nitrogens with one attached hydrogen (secondary N) is 1. The lowest BCUT2D eigenvalue weighted by atomic mass is 10.1. The van der Waals surface area contributed by atoms with E-state index in [4.69, 9.17) is 0 Å².